The standard InChI is InChI=1S/C14H18ClNO3/c1-19-13-5-4-11(15)7-10(13)8-14(18)16-6-2-3-12(17)9-16/h4-5,7,12,17H,2-3,6,8-9H2,1H3/t12-/m0/s1. The molecule has 104 valence electrons. The topological polar surface area (TPSA) is 49.8 Å². The van der Waals surface area contributed by atoms with E-state index in [9.17, 15) is 9.90 Å². The molecule has 0 bridgehead atoms. The van der Waals surface area contributed by atoms with Gasteiger partial charge < -0.3 is 14.7 Å². The van der Waals surface area contributed by atoms with Crippen LogP contribution in [0.2, 0.25) is 5.02 Å². The van der Waals surface area contributed by atoms with E-state index in [1.54, 1.807) is 30.2 Å². The van der Waals surface area contributed by atoms with E-state index >= 15 is 0 Å². The van der Waals surface area contributed by atoms with E-state index in [4.69, 9.17) is 16.3 Å². The highest BCUT2D eigenvalue weighted by molar-refractivity contribution is 6.30. The highest BCUT2D eigenvalue weighted by Gasteiger charge is 2.22. The van der Waals surface area contributed by atoms with E-state index in [1.165, 1.54) is 0 Å². The third kappa shape index (κ3) is 3.61. The molecule has 0 saturated carbocycles. The summed E-state index contributed by atoms with van der Waals surface area (Å²) in [7, 11) is 1.57. The Bertz CT molecular complexity index is 464. The fourth-order valence-corrected chi connectivity index (χ4v) is 2.54. The molecule has 0 aromatic heterocycles. The van der Waals surface area contributed by atoms with Crippen LogP contribution in [0.3, 0.4) is 0 Å². The Morgan fingerprint density at radius 2 is 2.37 bits per heavy atom. The van der Waals surface area contributed by atoms with Crippen LogP contribution in [-0.4, -0.2) is 42.2 Å². The van der Waals surface area contributed by atoms with Crippen molar-refractivity contribution in [2.45, 2.75) is 25.4 Å². The summed E-state index contributed by atoms with van der Waals surface area (Å²) >= 11 is 5.95. The van der Waals surface area contributed by atoms with Crippen LogP contribution in [0.15, 0.2) is 18.2 Å². The molecule has 19 heavy (non-hydrogen) atoms. The van der Waals surface area contributed by atoms with Gasteiger partial charge in [-0.2, -0.15) is 0 Å². The van der Waals surface area contributed by atoms with Gasteiger partial charge in [0, 0.05) is 23.7 Å². The molecule has 5 heteroatoms. The SMILES string of the molecule is COc1ccc(Cl)cc1CC(=O)N1CCC[C@H](O)C1. The van der Waals surface area contributed by atoms with E-state index in [0.717, 1.165) is 18.4 Å². The smallest absolute Gasteiger partial charge is 0.227 e. The van der Waals surface area contributed by atoms with E-state index in [2.05, 4.69) is 0 Å². The molecule has 0 radical (unpaired) electrons. The van der Waals surface area contributed by atoms with Crippen LogP contribution < -0.4 is 4.74 Å². The fraction of sp³-hybridized carbons (Fsp3) is 0.500. The third-order valence-corrected chi connectivity index (χ3v) is 3.57. The number of amides is 1. The molecule has 1 aromatic rings. The van der Waals surface area contributed by atoms with Crippen LogP contribution in [0.25, 0.3) is 0 Å². The Balaban J connectivity index is 2.07. The number of aliphatic hydroxyl groups is 1. The summed E-state index contributed by atoms with van der Waals surface area (Å²) in [5.74, 6) is 0.662. The van der Waals surface area contributed by atoms with Crippen molar-refractivity contribution in [3.05, 3.63) is 28.8 Å². The Morgan fingerprint density at radius 1 is 1.58 bits per heavy atom. The number of nitrogens with zero attached hydrogens (tertiary/aromatic N) is 1. The molecular formula is C14H18ClNO3. The second kappa shape index (κ2) is 6.26. The number of hydrogen-bond donors (Lipinski definition) is 1. The minimum atomic E-state index is -0.404. The molecule has 1 heterocycles. The van der Waals surface area contributed by atoms with Crippen LogP contribution in [-0.2, 0) is 11.2 Å². The Morgan fingerprint density at radius 3 is 3.05 bits per heavy atom. The minimum Gasteiger partial charge on any atom is -0.496 e. The number of halogens is 1. The van der Waals surface area contributed by atoms with Crippen LogP contribution in [0.1, 0.15) is 18.4 Å². The van der Waals surface area contributed by atoms with Gasteiger partial charge in [-0.1, -0.05) is 11.6 Å². The number of benzene rings is 1. The van der Waals surface area contributed by atoms with Crippen molar-refractivity contribution in [2.24, 2.45) is 0 Å². The van der Waals surface area contributed by atoms with Crippen LogP contribution in [0.4, 0.5) is 0 Å². The first-order chi connectivity index (χ1) is 9.10. The van der Waals surface area contributed by atoms with Crippen molar-refractivity contribution in [3.8, 4) is 5.75 Å². The van der Waals surface area contributed by atoms with Gasteiger partial charge in [0.25, 0.3) is 0 Å². The van der Waals surface area contributed by atoms with Gasteiger partial charge in [0.05, 0.1) is 19.6 Å². The van der Waals surface area contributed by atoms with Crippen molar-refractivity contribution < 1.29 is 14.6 Å². The molecule has 4 nitrogen and oxygen atoms in total. The van der Waals surface area contributed by atoms with E-state index < -0.39 is 6.10 Å². The molecule has 1 saturated heterocycles. The number of carbonyl (C=O) groups excluding carboxylic acids is 1. The molecular weight excluding hydrogens is 266 g/mol. The number of ether oxygens (including phenoxy) is 1. The number of likely N-dealkylation sites (tertiary alicyclic amines) is 1. The first-order valence-electron chi connectivity index (χ1n) is 6.38. The van der Waals surface area contributed by atoms with Crippen molar-refractivity contribution in [3.63, 3.8) is 0 Å². The first kappa shape index (κ1) is 14.2. The number of rotatable bonds is 3. The molecule has 0 spiro atoms. The summed E-state index contributed by atoms with van der Waals surface area (Å²) in [6.45, 7) is 1.13. The van der Waals surface area contributed by atoms with Crippen molar-refractivity contribution in [1.82, 2.24) is 4.90 Å². The van der Waals surface area contributed by atoms with Gasteiger partial charge in [0.1, 0.15) is 5.75 Å². The Labute approximate surface area is 117 Å². The maximum absolute atomic E-state index is 12.2. The normalized spacial score (nSPS) is 19.3. The summed E-state index contributed by atoms with van der Waals surface area (Å²) in [6.07, 6.45) is 1.46. The molecule has 2 rings (SSSR count). The second-order valence-electron chi connectivity index (χ2n) is 4.77. The summed E-state index contributed by atoms with van der Waals surface area (Å²) in [6, 6.07) is 5.24. The molecule has 1 aliphatic heterocycles. The highest BCUT2D eigenvalue weighted by atomic mass is 35.5. The summed E-state index contributed by atoms with van der Waals surface area (Å²) < 4.78 is 5.23. The molecule has 0 aliphatic carbocycles. The summed E-state index contributed by atoms with van der Waals surface area (Å²) in [5, 5.41) is 10.2. The highest BCUT2D eigenvalue weighted by Crippen LogP contribution is 2.24. The molecule has 1 aliphatic rings. The zero-order valence-corrected chi connectivity index (χ0v) is 11.7. The summed E-state index contributed by atoms with van der Waals surface area (Å²) in [4.78, 5) is 13.9. The largest absolute Gasteiger partial charge is 0.496 e. The summed E-state index contributed by atoms with van der Waals surface area (Å²) in [5.41, 5.74) is 0.778. The number of hydrogen-bond acceptors (Lipinski definition) is 3. The van der Waals surface area contributed by atoms with Gasteiger partial charge in [0.2, 0.25) is 5.91 Å². The Kier molecular flexibility index (Phi) is 4.66. The fourth-order valence-electron chi connectivity index (χ4n) is 2.34. The van der Waals surface area contributed by atoms with Gasteiger partial charge in [-0.25, -0.2) is 0 Å². The maximum Gasteiger partial charge on any atom is 0.227 e. The van der Waals surface area contributed by atoms with Gasteiger partial charge in [0.15, 0.2) is 0 Å². The van der Waals surface area contributed by atoms with Gasteiger partial charge in [-0.05, 0) is 31.0 Å². The maximum atomic E-state index is 12.2. The predicted octanol–water partition coefficient (Wildman–Crippen LogP) is 1.87. The van der Waals surface area contributed by atoms with Gasteiger partial charge in [-0.3, -0.25) is 4.79 Å². The minimum absolute atomic E-state index is 0.000633. The average Bonchev–Trinajstić information content (AvgIpc) is 2.39. The number of β-amino-alcohol motifs (C(OH)–C–C–N with tert-alkyl or cyclic N) is 1. The second-order valence-corrected chi connectivity index (χ2v) is 5.21. The molecule has 1 aromatic carbocycles. The monoisotopic (exact) mass is 283 g/mol. The van der Waals surface area contributed by atoms with Crippen LogP contribution in [0, 0.1) is 0 Å². The zero-order valence-electron chi connectivity index (χ0n) is 10.9. The molecule has 1 N–H and O–H groups in total. The lowest BCUT2D eigenvalue weighted by molar-refractivity contribution is -0.133. The van der Waals surface area contributed by atoms with E-state index in [1.807, 2.05) is 0 Å². The average molecular weight is 284 g/mol. The number of methoxy groups -OCH3 is 1. The van der Waals surface area contributed by atoms with E-state index in [0.29, 0.717) is 23.9 Å². The van der Waals surface area contributed by atoms with Gasteiger partial charge in [-0.15, -0.1) is 0 Å². The van der Waals surface area contributed by atoms with Crippen LogP contribution >= 0.6 is 11.6 Å². The van der Waals surface area contributed by atoms with Crippen LogP contribution in [0.5, 0.6) is 5.75 Å². The van der Waals surface area contributed by atoms with Crippen molar-refractivity contribution in [2.75, 3.05) is 20.2 Å². The lowest BCUT2D eigenvalue weighted by Crippen LogP contribution is -2.42. The number of aliphatic hydroxyl groups excluding tert-OH is 1. The molecule has 1 fully saturated rings. The quantitative estimate of drug-likeness (QED) is 0.921. The Hall–Kier alpha value is -1.26. The lowest BCUT2D eigenvalue weighted by atomic mass is 10.1. The van der Waals surface area contributed by atoms with E-state index in [-0.39, 0.29) is 12.3 Å². The molecule has 1 atom stereocenters. The van der Waals surface area contributed by atoms with Gasteiger partial charge >= 0.3 is 0 Å². The first-order valence-corrected chi connectivity index (χ1v) is 6.76. The number of carbonyl (C=O) groups is 1. The third-order valence-electron chi connectivity index (χ3n) is 3.33. The zero-order chi connectivity index (χ0) is 13.8. The predicted molar refractivity (Wildman–Crippen MR) is 73.5 cm³/mol. The number of piperidine rings is 1. The van der Waals surface area contributed by atoms with Crippen molar-refractivity contribution >= 4 is 17.5 Å². The molecule has 0 unspecified atom stereocenters. The van der Waals surface area contributed by atoms with Crippen molar-refractivity contribution in [1.29, 1.82) is 0 Å². The molecule has 1 amide bonds. The lowest BCUT2D eigenvalue weighted by Gasteiger charge is -2.30.